The van der Waals surface area contributed by atoms with Crippen molar-refractivity contribution < 1.29 is 4.39 Å². The number of rotatable bonds is 4. The largest absolute Gasteiger partial charge is 0.304 e. The summed E-state index contributed by atoms with van der Waals surface area (Å²) in [6.07, 6.45) is 0. The Balaban J connectivity index is 2.20. The van der Waals surface area contributed by atoms with Gasteiger partial charge >= 0.3 is 0 Å². The van der Waals surface area contributed by atoms with Gasteiger partial charge in [0.1, 0.15) is 5.82 Å². The monoisotopic (exact) mass is 389 g/mol. The van der Waals surface area contributed by atoms with Crippen molar-refractivity contribution in [3.8, 4) is 0 Å². The molecule has 0 fully saturated rings. The van der Waals surface area contributed by atoms with E-state index in [0.717, 1.165) is 10.0 Å². The molecule has 0 amide bonds. The van der Waals surface area contributed by atoms with E-state index in [0.29, 0.717) is 10.6 Å². The first-order valence-electron chi connectivity index (χ1n) is 6.55. The van der Waals surface area contributed by atoms with Gasteiger partial charge in [-0.3, -0.25) is 0 Å². The molecule has 1 nitrogen and oxygen atoms in total. The molecule has 2 aromatic carbocycles. The predicted molar refractivity (Wildman–Crippen MR) is 90.5 cm³/mol. The molecule has 5 heteroatoms. The van der Waals surface area contributed by atoms with Crippen LogP contribution < -0.4 is 5.32 Å². The highest BCUT2D eigenvalue weighted by atomic mass is 79.9. The Morgan fingerprint density at radius 2 is 1.62 bits per heavy atom. The van der Waals surface area contributed by atoms with Crippen molar-refractivity contribution in [3.63, 3.8) is 0 Å². The van der Waals surface area contributed by atoms with Gasteiger partial charge < -0.3 is 5.32 Å². The van der Waals surface area contributed by atoms with Crippen LogP contribution in [0.5, 0.6) is 0 Å². The minimum absolute atomic E-state index is 0.0369. The SMILES string of the molecule is CC(NC(C)c1ccccc1Br)c1cc(F)c(Cl)cc1Cl. The Labute approximate surface area is 142 Å². The van der Waals surface area contributed by atoms with Crippen LogP contribution in [0.3, 0.4) is 0 Å². The fourth-order valence-electron chi connectivity index (χ4n) is 2.25. The van der Waals surface area contributed by atoms with Gasteiger partial charge in [-0.15, -0.1) is 0 Å². The second-order valence-corrected chi connectivity index (χ2v) is 6.59. The third kappa shape index (κ3) is 3.98. The highest BCUT2D eigenvalue weighted by Gasteiger charge is 2.17. The molecule has 0 aliphatic heterocycles. The van der Waals surface area contributed by atoms with E-state index in [4.69, 9.17) is 23.2 Å². The van der Waals surface area contributed by atoms with Crippen LogP contribution in [-0.4, -0.2) is 0 Å². The lowest BCUT2D eigenvalue weighted by Gasteiger charge is -2.22. The summed E-state index contributed by atoms with van der Waals surface area (Å²) in [5, 5.41) is 3.91. The first-order chi connectivity index (χ1) is 9.90. The molecule has 112 valence electrons. The van der Waals surface area contributed by atoms with Crippen LogP contribution >= 0.6 is 39.1 Å². The van der Waals surface area contributed by atoms with Crippen LogP contribution in [0.1, 0.15) is 37.1 Å². The van der Waals surface area contributed by atoms with Gasteiger partial charge in [0.2, 0.25) is 0 Å². The van der Waals surface area contributed by atoms with Crippen LogP contribution in [0, 0.1) is 5.82 Å². The molecule has 0 bridgehead atoms. The van der Waals surface area contributed by atoms with Gasteiger partial charge in [-0.2, -0.15) is 0 Å². The summed E-state index contributed by atoms with van der Waals surface area (Å²) in [5.41, 5.74) is 1.83. The summed E-state index contributed by atoms with van der Waals surface area (Å²) in [6, 6.07) is 10.8. The molecule has 0 saturated heterocycles. The molecule has 0 heterocycles. The second kappa shape index (κ2) is 7.10. The molecule has 0 spiro atoms. The normalized spacial score (nSPS) is 14.0. The van der Waals surface area contributed by atoms with E-state index in [9.17, 15) is 4.39 Å². The number of benzene rings is 2. The van der Waals surface area contributed by atoms with Crippen LogP contribution in [0.2, 0.25) is 10.0 Å². The first kappa shape index (κ1) is 16.8. The Kier molecular flexibility index (Phi) is 5.67. The average molecular weight is 391 g/mol. The number of hydrogen-bond acceptors (Lipinski definition) is 1. The predicted octanol–water partition coefficient (Wildman–Crippen LogP) is 6.31. The maximum atomic E-state index is 13.6. The smallest absolute Gasteiger partial charge is 0.142 e. The van der Waals surface area contributed by atoms with Crippen molar-refractivity contribution in [2.24, 2.45) is 0 Å². The van der Waals surface area contributed by atoms with Crippen LogP contribution in [0.4, 0.5) is 4.39 Å². The standard InChI is InChI=1S/C16H15BrCl2FN/c1-9(11-5-3-4-6-13(11)17)21-10(2)12-7-16(20)15(19)8-14(12)18/h3-10,21H,1-2H3. The van der Waals surface area contributed by atoms with Gasteiger partial charge in [-0.25, -0.2) is 4.39 Å². The van der Waals surface area contributed by atoms with Crippen molar-refractivity contribution in [1.82, 2.24) is 5.32 Å². The van der Waals surface area contributed by atoms with E-state index in [1.54, 1.807) is 0 Å². The van der Waals surface area contributed by atoms with E-state index < -0.39 is 5.82 Å². The molecule has 21 heavy (non-hydrogen) atoms. The second-order valence-electron chi connectivity index (χ2n) is 4.92. The third-order valence-electron chi connectivity index (χ3n) is 3.38. The van der Waals surface area contributed by atoms with Gasteiger partial charge in [-0.1, -0.05) is 57.3 Å². The Hall–Kier alpha value is -0.610. The molecule has 1 N–H and O–H groups in total. The van der Waals surface area contributed by atoms with E-state index >= 15 is 0 Å². The summed E-state index contributed by atoms with van der Waals surface area (Å²) in [6.45, 7) is 4.00. The summed E-state index contributed by atoms with van der Waals surface area (Å²) in [4.78, 5) is 0. The quantitative estimate of drug-likeness (QED) is 0.603. The zero-order valence-electron chi connectivity index (χ0n) is 11.6. The van der Waals surface area contributed by atoms with Crippen LogP contribution in [0.15, 0.2) is 40.9 Å². The summed E-state index contributed by atoms with van der Waals surface area (Å²) in [7, 11) is 0. The zero-order valence-corrected chi connectivity index (χ0v) is 14.7. The first-order valence-corrected chi connectivity index (χ1v) is 8.10. The number of halogens is 4. The molecule has 2 aromatic rings. The maximum Gasteiger partial charge on any atom is 0.142 e. The maximum absolute atomic E-state index is 13.6. The van der Waals surface area contributed by atoms with E-state index in [1.807, 2.05) is 31.2 Å². The highest BCUT2D eigenvalue weighted by Crippen LogP contribution is 2.31. The average Bonchev–Trinajstić information content (AvgIpc) is 2.43. The third-order valence-corrected chi connectivity index (χ3v) is 4.72. The fraction of sp³-hybridized carbons (Fsp3) is 0.250. The molecule has 0 aliphatic carbocycles. The molecule has 0 aliphatic rings. The minimum Gasteiger partial charge on any atom is -0.304 e. The molecule has 0 radical (unpaired) electrons. The molecular formula is C16H15BrCl2FN. The Bertz CT molecular complexity index is 648. The van der Waals surface area contributed by atoms with E-state index in [2.05, 4.69) is 28.2 Å². The summed E-state index contributed by atoms with van der Waals surface area (Å²) in [5.74, 6) is -0.460. The fourth-order valence-corrected chi connectivity index (χ4v) is 3.43. The van der Waals surface area contributed by atoms with Crippen molar-refractivity contribution in [3.05, 3.63) is 67.9 Å². The molecule has 0 saturated carbocycles. The van der Waals surface area contributed by atoms with Crippen molar-refractivity contribution >= 4 is 39.1 Å². The number of hydrogen-bond donors (Lipinski definition) is 1. The highest BCUT2D eigenvalue weighted by molar-refractivity contribution is 9.10. The molecule has 2 unspecified atom stereocenters. The van der Waals surface area contributed by atoms with Crippen LogP contribution in [0.25, 0.3) is 0 Å². The lowest BCUT2D eigenvalue weighted by atomic mass is 10.0. The van der Waals surface area contributed by atoms with Crippen LogP contribution in [-0.2, 0) is 0 Å². The Morgan fingerprint density at radius 1 is 1.00 bits per heavy atom. The molecular weight excluding hydrogens is 376 g/mol. The lowest BCUT2D eigenvalue weighted by Crippen LogP contribution is -2.23. The topological polar surface area (TPSA) is 12.0 Å². The minimum atomic E-state index is -0.460. The van der Waals surface area contributed by atoms with E-state index in [-0.39, 0.29) is 17.1 Å². The molecule has 2 atom stereocenters. The summed E-state index contributed by atoms with van der Waals surface area (Å²) >= 11 is 15.4. The summed E-state index contributed by atoms with van der Waals surface area (Å²) < 4.78 is 14.7. The Morgan fingerprint density at radius 3 is 2.29 bits per heavy atom. The van der Waals surface area contributed by atoms with Gasteiger partial charge in [0, 0.05) is 21.6 Å². The van der Waals surface area contributed by atoms with Gasteiger partial charge in [0.25, 0.3) is 0 Å². The van der Waals surface area contributed by atoms with E-state index in [1.165, 1.54) is 12.1 Å². The van der Waals surface area contributed by atoms with Crippen molar-refractivity contribution in [1.29, 1.82) is 0 Å². The zero-order chi connectivity index (χ0) is 15.6. The van der Waals surface area contributed by atoms with Gasteiger partial charge in [0.05, 0.1) is 5.02 Å². The number of nitrogens with one attached hydrogen (secondary N) is 1. The van der Waals surface area contributed by atoms with Crippen molar-refractivity contribution in [2.75, 3.05) is 0 Å². The molecule has 2 rings (SSSR count). The lowest BCUT2D eigenvalue weighted by molar-refractivity contribution is 0.491. The van der Waals surface area contributed by atoms with Gasteiger partial charge in [0.15, 0.2) is 0 Å². The van der Waals surface area contributed by atoms with Crippen molar-refractivity contribution in [2.45, 2.75) is 25.9 Å². The van der Waals surface area contributed by atoms with Gasteiger partial charge in [-0.05, 0) is 43.2 Å². The molecule has 0 aromatic heterocycles.